The van der Waals surface area contributed by atoms with Crippen LogP contribution in [0.15, 0.2) is 76.1 Å². The minimum absolute atomic E-state index is 0.000881. The number of aromatic nitrogens is 2. The summed E-state index contributed by atoms with van der Waals surface area (Å²) in [5.41, 5.74) is 9.07. The standard InChI is InChI=1S/C59H69N5O9/c1-5-41-46-30-40(17-21-51(46)60-55-48(41)33-64-52(55)32-50-49(56(64)67)34-71-57(68)59(50,70)6-2)73-58(69)63-27-25-62(26-28-63)24-10-8-7-9-23-61(4)38-14-11-36(12-15-38)45-31-47-43(20-22-53(47)72-35(3)65)44-18-13-37-29-39(66)16-19-42(37)54(44)45/h11-12,14-15,17,21,29-30,32,43-45,47,53,70H,5-10,13,16,18-20,22-28,31,33-34H2,1-4H3/t43-,44?,45+,47?,53+,59-/m0/s1. The molecule has 3 aliphatic heterocycles. The second-order valence-corrected chi connectivity index (χ2v) is 21.7. The molecule has 1 amide bonds. The van der Waals surface area contributed by atoms with Gasteiger partial charge in [-0.25, -0.2) is 14.6 Å². The molecule has 0 radical (unpaired) electrons. The SMILES string of the molecule is CCc1c2c(nc3ccc(OC(=O)N4CCN(CCCCCCN(C)c5ccc([C@H]6CC7[C@@H](CC[C@H]7OC(C)=O)C7CCC8=CC(=O)CCC8=C76)cc5)CC4)cc13)-c1cc3c(c(=O)n1C2)COC(=O)[C@]3(O)CC. The number of rotatable bonds is 13. The predicted molar refractivity (Wildman–Crippen MR) is 277 cm³/mol. The molecule has 4 aliphatic carbocycles. The number of hydrogen-bond acceptors (Lipinski definition) is 12. The van der Waals surface area contributed by atoms with Crippen molar-refractivity contribution in [2.24, 2.45) is 17.8 Å². The average molecular weight is 992 g/mol. The van der Waals surface area contributed by atoms with Crippen LogP contribution in [0.3, 0.4) is 0 Å². The van der Waals surface area contributed by atoms with Crippen LogP contribution < -0.4 is 15.2 Å². The highest BCUT2D eigenvalue weighted by molar-refractivity contribution is 5.93. The number of aryl methyl sites for hydroxylation is 1. The minimum atomic E-state index is -1.89. The van der Waals surface area contributed by atoms with Gasteiger partial charge in [-0.1, -0.05) is 44.4 Å². The molecular formula is C59H69N5O9. The Morgan fingerprint density at radius 1 is 0.904 bits per heavy atom. The first-order chi connectivity index (χ1) is 35.3. The molecule has 73 heavy (non-hydrogen) atoms. The van der Waals surface area contributed by atoms with Gasteiger partial charge in [-0.3, -0.25) is 19.3 Å². The first kappa shape index (κ1) is 49.1. The monoisotopic (exact) mass is 992 g/mol. The lowest BCUT2D eigenvalue weighted by Gasteiger charge is -2.47. The van der Waals surface area contributed by atoms with Gasteiger partial charge in [0.1, 0.15) is 18.5 Å². The molecule has 2 aromatic carbocycles. The number of benzene rings is 2. The molecule has 2 saturated carbocycles. The van der Waals surface area contributed by atoms with E-state index >= 15 is 0 Å². The maximum absolute atomic E-state index is 13.8. The van der Waals surface area contributed by atoms with E-state index in [0.29, 0.717) is 72.9 Å². The topological polar surface area (TPSA) is 161 Å². The molecule has 384 valence electrons. The van der Waals surface area contributed by atoms with Gasteiger partial charge in [0.05, 0.1) is 29.0 Å². The molecular weight excluding hydrogens is 923 g/mol. The zero-order chi connectivity index (χ0) is 50.7. The first-order valence-electron chi connectivity index (χ1n) is 27.1. The first-order valence-corrected chi connectivity index (χ1v) is 27.1. The van der Waals surface area contributed by atoms with Crippen LogP contribution >= 0.6 is 0 Å². The number of unbranched alkanes of at least 4 members (excludes halogenated alkanes) is 3. The molecule has 2 aromatic heterocycles. The number of ketones is 1. The summed E-state index contributed by atoms with van der Waals surface area (Å²) < 4.78 is 18.8. The average Bonchev–Trinajstić information content (AvgIpc) is 3.98. The number of carbonyl (C=O) groups excluding carboxylic acids is 4. The van der Waals surface area contributed by atoms with Crippen molar-refractivity contribution in [1.82, 2.24) is 19.4 Å². The summed E-state index contributed by atoms with van der Waals surface area (Å²) in [5, 5.41) is 12.1. The van der Waals surface area contributed by atoms with Gasteiger partial charge in [-0.2, -0.15) is 0 Å². The molecule has 14 heteroatoms. The fourth-order valence-electron chi connectivity index (χ4n) is 13.9. The molecule has 0 bridgehead atoms. The van der Waals surface area contributed by atoms with Crippen LogP contribution in [0.1, 0.15) is 132 Å². The highest BCUT2D eigenvalue weighted by Crippen LogP contribution is 2.59. The number of piperazine rings is 1. The second kappa shape index (κ2) is 20.0. The van der Waals surface area contributed by atoms with Crippen LogP contribution in [0.2, 0.25) is 0 Å². The van der Waals surface area contributed by atoms with Crippen molar-refractivity contribution in [1.29, 1.82) is 0 Å². The Kier molecular flexibility index (Phi) is 13.4. The molecule has 7 aliphatic rings. The van der Waals surface area contributed by atoms with Gasteiger partial charge in [0.2, 0.25) is 0 Å². The van der Waals surface area contributed by atoms with E-state index in [0.717, 1.165) is 107 Å². The molecule has 6 atom stereocenters. The lowest BCUT2D eigenvalue weighted by molar-refractivity contribution is -0.172. The molecule has 5 heterocycles. The second-order valence-electron chi connectivity index (χ2n) is 21.7. The quantitative estimate of drug-likeness (QED) is 0.0883. The molecule has 2 unspecified atom stereocenters. The van der Waals surface area contributed by atoms with E-state index in [2.05, 4.69) is 48.0 Å². The van der Waals surface area contributed by atoms with Crippen molar-refractivity contribution in [3.63, 3.8) is 0 Å². The van der Waals surface area contributed by atoms with Crippen LogP contribution in [0.5, 0.6) is 5.75 Å². The molecule has 11 rings (SSSR count). The third-order valence-electron chi connectivity index (χ3n) is 17.8. The van der Waals surface area contributed by atoms with Gasteiger partial charge in [-0.05, 0) is 147 Å². The summed E-state index contributed by atoms with van der Waals surface area (Å²) in [6.45, 7) is 10.2. The number of pyridine rings is 2. The number of anilines is 1. The van der Waals surface area contributed by atoms with Crippen molar-refractivity contribution in [3.8, 4) is 17.1 Å². The lowest BCUT2D eigenvalue weighted by atomic mass is 9.58. The summed E-state index contributed by atoms with van der Waals surface area (Å²) in [5.74, 6) is 1.46. The Labute approximate surface area is 427 Å². The third kappa shape index (κ3) is 8.99. The van der Waals surface area contributed by atoms with Crippen molar-refractivity contribution < 1.29 is 38.5 Å². The number of allylic oxidation sites excluding steroid dienone is 4. The van der Waals surface area contributed by atoms with Crippen LogP contribution in [-0.4, -0.2) is 101 Å². The number of fused-ring (bicyclic) bond motifs is 9. The largest absolute Gasteiger partial charge is 0.462 e. The normalized spacial score (nSPS) is 25.2. The predicted octanol–water partition coefficient (Wildman–Crippen LogP) is 8.90. The van der Waals surface area contributed by atoms with Gasteiger partial charge in [0, 0.05) is 87.2 Å². The van der Waals surface area contributed by atoms with E-state index in [-0.39, 0.29) is 59.6 Å². The van der Waals surface area contributed by atoms with E-state index in [1.807, 2.05) is 18.2 Å². The van der Waals surface area contributed by atoms with Crippen LogP contribution in [0, 0.1) is 17.8 Å². The van der Waals surface area contributed by atoms with Crippen molar-refractivity contribution in [2.75, 3.05) is 51.2 Å². The highest BCUT2D eigenvalue weighted by Gasteiger charge is 2.51. The van der Waals surface area contributed by atoms with E-state index < -0.39 is 11.6 Å². The van der Waals surface area contributed by atoms with Crippen LogP contribution in [0.25, 0.3) is 22.3 Å². The van der Waals surface area contributed by atoms with Crippen LogP contribution in [0.4, 0.5) is 10.5 Å². The molecule has 0 spiro atoms. The summed E-state index contributed by atoms with van der Waals surface area (Å²) in [6, 6.07) is 16.4. The number of amides is 1. The number of carbonyl (C=O) groups is 4. The summed E-state index contributed by atoms with van der Waals surface area (Å²) in [4.78, 5) is 76.0. The fraction of sp³-hybridized carbons (Fsp3) is 0.525. The van der Waals surface area contributed by atoms with Crippen LogP contribution in [-0.2, 0) is 49.0 Å². The maximum atomic E-state index is 13.8. The number of aliphatic hydroxyl groups is 1. The summed E-state index contributed by atoms with van der Waals surface area (Å²) in [6.07, 6.45) is 13.4. The Bertz CT molecular complexity index is 3000. The summed E-state index contributed by atoms with van der Waals surface area (Å²) in [7, 11) is 2.18. The van der Waals surface area contributed by atoms with Gasteiger partial charge in [0.25, 0.3) is 5.56 Å². The molecule has 1 saturated heterocycles. The molecule has 1 N–H and O–H groups in total. The fourth-order valence-corrected chi connectivity index (χ4v) is 13.9. The number of nitrogens with zero attached hydrogens (tertiary/aromatic N) is 5. The number of ether oxygens (including phenoxy) is 3. The van der Waals surface area contributed by atoms with Crippen molar-refractivity contribution in [2.45, 2.75) is 135 Å². The Morgan fingerprint density at radius 2 is 1.70 bits per heavy atom. The zero-order valence-electron chi connectivity index (χ0n) is 42.9. The van der Waals surface area contributed by atoms with E-state index in [1.54, 1.807) is 34.1 Å². The highest BCUT2D eigenvalue weighted by atomic mass is 16.6. The Balaban J connectivity index is 0.648. The van der Waals surface area contributed by atoms with Gasteiger partial charge in [-0.15, -0.1) is 0 Å². The summed E-state index contributed by atoms with van der Waals surface area (Å²) >= 11 is 0. The van der Waals surface area contributed by atoms with E-state index in [4.69, 9.17) is 19.2 Å². The molecule has 3 fully saturated rings. The van der Waals surface area contributed by atoms with Gasteiger partial charge >= 0.3 is 18.0 Å². The van der Waals surface area contributed by atoms with Gasteiger partial charge in [0.15, 0.2) is 11.4 Å². The lowest BCUT2D eigenvalue weighted by Crippen LogP contribution is -2.49. The van der Waals surface area contributed by atoms with E-state index in [1.165, 1.54) is 29.3 Å². The van der Waals surface area contributed by atoms with Crippen molar-refractivity contribution in [3.05, 3.63) is 109 Å². The van der Waals surface area contributed by atoms with Gasteiger partial charge < -0.3 is 33.7 Å². The smallest absolute Gasteiger partial charge is 0.415 e. The number of cyclic esters (lactones) is 1. The minimum Gasteiger partial charge on any atom is -0.462 e. The number of esters is 2. The zero-order valence-corrected chi connectivity index (χ0v) is 42.9. The van der Waals surface area contributed by atoms with E-state index in [9.17, 15) is 29.1 Å². The Hall–Kier alpha value is -6.12. The van der Waals surface area contributed by atoms with Crippen molar-refractivity contribution >= 4 is 40.4 Å². The molecule has 4 aromatic rings. The maximum Gasteiger partial charge on any atom is 0.415 e. The molecule has 14 nitrogen and oxygen atoms in total. The Morgan fingerprint density at radius 3 is 2.47 bits per heavy atom. The third-order valence-corrected chi connectivity index (χ3v) is 17.8. The number of hydrogen-bond donors (Lipinski definition) is 1.